The summed E-state index contributed by atoms with van der Waals surface area (Å²) in [5.74, 6) is 0.659. The molecule has 0 spiro atoms. The van der Waals surface area contributed by atoms with Gasteiger partial charge in [0.05, 0.1) is 5.69 Å². The van der Waals surface area contributed by atoms with Gasteiger partial charge in [0.15, 0.2) is 0 Å². The first-order valence-electron chi connectivity index (χ1n) is 5.61. The second-order valence-electron chi connectivity index (χ2n) is 3.94. The number of hydrogen-bond donors (Lipinski definition) is 1. The lowest BCUT2D eigenvalue weighted by Crippen LogP contribution is -2.19. The Kier molecular flexibility index (Phi) is 4.40. The fraction of sp³-hybridized carbons (Fsp3) is 0.583. The molecule has 15 heavy (non-hydrogen) atoms. The SMILES string of the molecule is CCC(C)CNc1ccc(=O)n(CC)c1. The molecule has 1 aromatic heterocycles. The van der Waals surface area contributed by atoms with E-state index in [2.05, 4.69) is 19.2 Å². The molecule has 3 heteroatoms. The molecule has 0 aliphatic heterocycles. The smallest absolute Gasteiger partial charge is 0.250 e. The van der Waals surface area contributed by atoms with E-state index in [9.17, 15) is 4.79 Å². The molecule has 0 radical (unpaired) electrons. The molecule has 1 unspecified atom stereocenters. The Labute approximate surface area is 91.1 Å². The Balaban J connectivity index is 2.66. The van der Waals surface area contributed by atoms with Gasteiger partial charge in [0.2, 0.25) is 0 Å². The average molecular weight is 208 g/mol. The topological polar surface area (TPSA) is 34.0 Å². The highest BCUT2D eigenvalue weighted by atomic mass is 16.1. The Bertz CT molecular complexity index is 357. The summed E-state index contributed by atoms with van der Waals surface area (Å²) in [6.07, 6.45) is 3.05. The first-order chi connectivity index (χ1) is 7.17. The van der Waals surface area contributed by atoms with E-state index in [1.807, 2.05) is 19.2 Å². The van der Waals surface area contributed by atoms with Gasteiger partial charge < -0.3 is 9.88 Å². The fourth-order valence-electron chi connectivity index (χ4n) is 1.32. The molecule has 3 nitrogen and oxygen atoms in total. The summed E-state index contributed by atoms with van der Waals surface area (Å²) in [4.78, 5) is 11.3. The van der Waals surface area contributed by atoms with Crippen molar-refractivity contribution in [3.8, 4) is 0 Å². The van der Waals surface area contributed by atoms with E-state index in [0.717, 1.165) is 18.8 Å². The average Bonchev–Trinajstić information content (AvgIpc) is 2.27. The van der Waals surface area contributed by atoms with Gasteiger partial charge in [0, 0.05) is 25.4 Å². The second-order valence-corrected chi connectivity index (χ2v) is 3.94. The van der Waals surface area contributed by atoms with Gasteiger partial charge in [0.1, 0.15) is 0 Å². The van der Waals surface area contributed by atoms with E-state index in [1.54, 1.807) is 10.6 Å². The van der Waals surface area contributed by atoms with Crippen molar-refractivity contribution in [3.63, 3.8) is 0 Å². The van der Waals surface area contributed by atoms with Crippen LogP contribution < -0.4 is 10.9 Å². The van der Waals surface area contributed by atoms with Crippen LogP contribution in [0.2, 0.25) is 0 Å². The fourth-order valence-corrected chi connectivity index (χ4v) is 1.32. The van der Waals surface area contributed by atoms with Crippen molar-refractivity contribution in [2.24, 2.45) is 5.92 Å². The van der Waals surface area contributed by atoms with Crippen LogP contribution in [0.5, 0.6) is 0 Å². The third-order valence-corrected chi connectivity index (χ3v) is 2.68. The number of rotatable bonds is 5. The highest BCUT2D eigenvalue weighted by Crippen LogP contribution is 2.06. The molecule has 1 N–H and O–H groups in total. The van der Waals surface area contributed by atoms with Gasteiger partial charge in [0.25, 0.3) is 5.56 Å². The molecule has 84 valence electrons. The maximum absolute atomic E-state index is 11.3. The molecular weight excluding hydrogens is 188 g/mol. The zero-order valence-corrected chi connectivity index (χ0v) is 9.79. The van der Waals surface area contributed by atoms with Gasteiger partial charge in [-0.05, 0) is 18.9 Å². The van der Waals surface area contributed by atoms with Gasteiger partial charge in [-0.1, -0.05) is 20.3 Å². The van der Waals surface area contributed by atoms with Crippen LogP contribution in [-0.4, -0.2) is 11.1 Å². The van der Waals surface area contributed by atoms with Crippen molar-refractivity contribution < 1.29 is 0 Å². The van der Waals surface area contributed by atoms with E-state index < -0.39 is 0 Å². The predicted octanol–water partition coefficient (Wildman–Crippen LogP) is 2.33. The minimum Gasteiger partial charge on any atom is -0.384 e. The first-order valence-corrected chi connectivity index (χ1v) is 5.61. The van der Waals surface area contributed by atoms with Crippen LogP contribution in [-0.2, 0) is 6.54 Å². The van der Waals surface area contributed by atoms with Crippen LogP contribution in [0.4, 0.5) is 5.69 Å². The lowest BCUT2D eigenvalue weighted by Gasteiger charge is -2.12. The van der Waals surface area contributed by atoms with Crippen molar-refractivity contribution in [3.05, 3.63) is 28.7 Å². The number of aromatic nitrogens is 1. The number of hydrogen-bond acceptors (Lipinski definition) is 2. The normalized spacial score (nSPS) is 12.5. The second kappa shape index (κ2) is 5.59. The van der Waals surface area contributed by atoms with E-state index in [-0.39, 0.29) is 5.56 Å². The number of anilines is 1. The maximum Gasteiger partial charge on any atom is 0.250 e. The molecule has 0 aliphatic carbocycles. The van der Waals surface area contributed by atoms with E-state index >= 15 is 0 Å². The maximum atomic E-state index is 11.3. The summed E-state index contributed by atoms with van der Waals surface area (Å²) >= 11 is 0. The van der Waals surface area contributed by atoms with Crippen molar-refractivity contribution >= 4 is 5.69 Å². The third-order valence-electron chi connectivity index (χ3n) is 2.68. The molecule has 1 rings (SSSR count). The molecule has 1 heterocycles. The summed E-state index contributed by atoms with van der Waals surface area (Å²) in [6.45, 7) is 8.04. The van der Waals surface area contributed by atoms with Crippen LogP contribution in [0.3, 0.4) is 0 Å². The van der Waals surface area contributed by atoms with Crippen molar-refractivity contribution in [2.75, 3.05) is 11.9 Å². The lowest BCUT2D eigenvalue weighted by atomic mass is 10.1. The minimum absolute atomic E-state index is 0.0617. The van der Waals surface area contributed by atoms with Gasteiger partial charge >= 0.3 is 0 Å². The third kappa shape index (κ3) is 3.42. The van der Waals surface area contributed by atoms with Crippen LogP contribution in [0.1, 0.15) is 27.2 Å². The molecule has 0 amide bonds. The number of nitrogens with one attached hydrogen (secondary N) is 1. The van der Waals surface area contributed by atoms with Crippen LogP contribution in [0.25, 0.3) is 0 Å². The minimum atomic E-state index is 0.0617. The molecule has 0 saturated heterocycles. The number of pyridine rings is 1. The largest absolute Gasteiger partial charge is 0.384 e. The van der Waals surface area contributed by atoms with Crippen molar-refractivity contribution in [1.82, 2.24) is 4.57 Å². The molecule has 0 fully saturated rings. The summed E-state index contributed by atoms with van der Waals surface area (Å²) in [6, 6.07) is 3.46. The summed E-state index contributed by atoms with van der Waals surface area (Å²) < 4.78 is 1.71. The van der Waals surface area contributed by atoms with Crippen molar-refractivity contribution in [2.45, 2.75) is 33.7 Å². The van der Waals surface area contributed by atoms with Crippen LogP contribution in [0, 0.1) is 5.92 Å². The predicted molar refractivity (Wildman–Crippen MR) is 64.3 cm³/mol. The monoisotopic (exact) mass is 208 g/mol. The van der Waals surface area contributed by atoms with E-state index in [4.69, 9.17) is 0 Å². The molecule has 0 saturated carbocycles. The van der Waals surface area contributed by atoms with E-state index in [1.165, 1.54) is 6.42 Å². The standard InChI is InChI=1S/C12H20N2O/c1-4-10(3)8-13-11-6-7-12(15)14(5-2)9-11/h6-7,9-10,13H,4-5,8H2,1-3H3. The zero-order chi connectivity index (χ0) is 11.3. The number of aryl methyl sites for hydroxylation is 1. The first kappa shape index (κ1) is 11.8. The van der Waals surface area contributed by atoms with Crippen molar-refractivity contribution in [1.29, 1.82) is 0 Å². The van der Waals surface area contributed by atoms with Gasteiger partial charge in [-0.2, -0.15) is 0 Å². The molecule has 0 aromatic carbocycles. The summed E-state index contributed by atoms with van der Waals surface area (Å²) in [7, 11) is 0. The molecule has 1 aromatic rings. The van der Waals surface area contributed by atoms with Gasteiger partial charge in [-0.15, -0.1) is 0 Å². The molecule has 0 bridgehead atoms. The highest BCUT2D eigenvalue weighted by molar-refractivity contribution is 5.40. The van der Waals surface area contributed by atoms with Gasteiger partial charge in [-0.25, -0.2) is 0 Å². The summed E-state index contributed by atoms with van der Waals surface area (Å²) in [5.41, 5.74) is 1.09. The van der Waals surface area contributed by atoms with Crippen LogP contribution in [0.15, 0.2) is 23.1 Å². The molecule has 1 atom stereocenters. The summed E-state index contributed by atoms with van der Waals surface area (Å²) in [5, 5.41) is 3.34. The highest BCUT2D eigenvalue weighted by Gasteiger charge is 2.00. The quantitative estimate of drug-likeness (QED) is 0.805. The Hall–Kier alpha value is -1.25. The Morgan fingerprint density at radius 1 is 1.40 bits per heavy atom. The van der Waals surface area contributed by atoms with Gasteiger partial charge in [-0.3, -0.25) is 4.79 Å². The molecular formula is C12H20N2O. The molecule has 0 aliphatic rings. The zero-order valence-electron chi connectivity index (χ0n) is 9.79. The van der Waals surface area contributed by atoms with Crippen LogP contribution >= 0.6 is 0 Å². The Morgan fingerprint density at radius 3 is 2.73 bits per heavy atom. The Morgan fingerprint density at radius 2 is 2.13 bits per heavy atom. The van der Waals surface area contributed by atoms with E-state index in [0.29, 0.717) is 5.92 Å². The number of nitrogens with zero attached hydrogens (tertiary/aromatic N) is 1. The lowest BCUT2D eigenvalue weighted by molar-refractivity contribution is 0.592.